The summed E-state index contributed by atoms with van der Waals surface area (Å²) in [6.45, 7) is 0.980. The number of rotatable bonds is 6. The van der Waals surface area contributed by atoms with Crippen LogP contribution in [0.15, 0.2) is 48.8 Å². The van der Waals surface area contributed by atoms with Gasteiger partial charge in [-0.15, -0.1) is 0 Å². The molecule has 2 aromatic rings. The fourth-order valence-corrected chi connectivity index (χ4v) is 6.32. The second-order valence-corrected chi connectivity index (χ2v) is 9.62. The summed E-state index contributed by atoms with van der Waals surface area (Å²) in [4.78, 5) is 29.5. The van der Waals surface area contributed by atoms with Crippen LogP contribution in [0.4, 0.5) is 0 Å². The van der Waals surface area contributed by atoms with E-state index in [9.17, 15) is 9.59 Å². The third-order valence-electron chi connectivity index (χ3n) is 7.36. The van der Waals surface area contributed by atoms with Crippen molar-refractivity contribution in [3.63, 3.8) is 0 Å². The molecule has 4 aliphatic rings. The van der Waals surface area contributed by atoms with Gasteiger partial charge in [0.25, 0.3) is 5.91 Å². The molecule has 5 nitrogen and oxygen atoms in total. The molecule has 0 aliphatic heterocycles. The molecule has 4 aliphatic carbocycles. The summed E-state index contributed by atoms with van der Waals surface area (Å²) in [5.74, 6) is 2.45. The summed E-state index contributed by atoms with van der Waals surface area (Å²) in [5.41, 5.74) is 2.50. The quantitative estimate of drug-likeness (QED) is 0.770. The van der Waals surface area contributed by atoms with Crippen LogP contribution in [-0.2, 0) is 17.9 Å². The number of carbonyl (C=O) groups is 2. The fourth-order valence-electron chi connectivity index (χ4n) is 6.32. The maximum Gasteiger partial charge on any atom is 0.251 e. The number of carbonyl (C=O) groups excluding carboxylic acids is 2. The first-order chi connectivity index (χ1) is 14.6. The molecule has 1 aromatic heterocycles. The van der Waals surface area contributed by atoms with E-state index in [1.165, 1.54) is 19.3 Å². The van der Waals surface area contributed by atoms with Crippen molar-refractivity contribution in [2.45, 2.75) is 51.6 Å². The number of benzene rings is 1. The van der Waals surface area contributed by atoms with Gasteiger partial charge in [0.2, 0.25) is 5.91 Å². The van der Waals surface area contributed by atoms with Crippen LogP contribution in [0, 0.1) is 23.2 Å². The van der Waals surface area contributed by atoms with Gasteiger partial charge in [0.1, 0.15) is 0 Å². The third-order valence-corrected chi connectivity index (χ3v) is 7.36. The summed E-state index contributed by atoms with van der Waals surface area (Å²) in [6.07, 6.45) is 10.7. The molecule has 1 aromatic carbocycles. The molecule has 0 unspecified atom stereocenters. The molecule has 2 amide bonds. The minimum Gasteiger partial charge on any atom is -0.352 e. The Hall–Kier alpha value is -2.69. The Kier molecular flexibility index (Phi) is 5.05. The van der Waals surface area contributed by atoms with Crippen LogP contribution in [0.3, 0.4) is 0 Å². The molecule has 156 valence electrons. The molecule has 6 rings (SSSR count). The summed E-state index contributed by atoms with van der Waals surface area (Å²) < 4.78 is 0. The lowest BCUT2D eigenvalue weighted by Gasteiger charge is -2.55. The maximum absolute atomic E-state index is 13.1. The molecule has 4 bridgehead atoms. The van der Waals surface area contributed by atoms with E-state index >= 15 is 0 Å². The first kappa shape index (κ1) is 19.3. The van der Waals surface area contributed by atoms with Gasteiger partial charge >= 0.3 is 0 Å². The first-order valence-electron chi connectivity index (χ1n) is 11.1. The molecular formula is C25H29N3O2. The molecule has 0 atom stereocenters. The maximum atomic E-state index is 13.1. The van der Waals surface area contributed by atoms with E-state index in [2.05, 4.69) is 15.6 Å². The van der Waals surface area contributed by atoms with Crippen molar-refractivity contribution in [3.8, 4) is 0 Å². The minimum absolute atomic E-state index is 0.108. The van der Waals surface area contributed by atoms with Gasteiger partial charge in [0.15, 0.2) is 0 Å². The van der Waals surface area contributed by atoms with Crippen molar-refractivity contribution in [2.24, 2.45) is 23.2 Å². The SMILES string of the molecule is O=C(NCc1cccnc1)c1ccc(CNC(=O)C23CC4CC(CC(C4)C2)C3)cc1. The number of hydrogen-bond acceptors (Lipinski definition) is 3. The van der Waals surface area contributed by atoms with E-state index in [4.69, 9.17) is 0 Å². The van der Waals surface area contributed by atoms with Gasteiger partial charge in [-0.2, -0.15) is 0 Å². The van der Waals surface area contributed by atoms with Gasteiger partial charge in [-0.25, -0.2) is 0 Å². The summed E-state index contributed by atoms with van der Waals surface area (Å²) in [6, 6.07) is 11.3. The zero-order valence-corrected chi connectivity index (χ0v) is 17.3. The normalized spacial score (nSPS) is 28.9. The molecule has 0 radical (unpaired) electrons. The molecule has 0 saturated heterocycles. The van der Waals surface area contributed by atoms with E-state index < -0.39 is 0 Å². The average Bonchev–Trinajstić information content (AvgIpc) is 2.76. The standard InChI is InChI=1S/C25H29N3O2/c29-23(27-16-18-2-1-7-26-14-18)22-5-3-17(4-6-22)15-28-24(30)25-11-19-8-20(12-25)10-21(9-19)13-25/h1-7,14,19-21H,8-13,15-16H2,(H,27,29)(H,28,30). The molecule has 4 fully saturated rings. The topological polar surface area (TPSA) is 71.1 Å². The molecule has 0 spiro atoms. The number of pyridine rings is 1. The van der Waals surface area contributed by atoms with Crippen molar-refractivity contribution in [1.82, 2.24) is 15.6 Å². The van der Waals surface area contributed by atoms with Gasteiger partial charge in [0.05, 0.1) is 0 Å². The van der Waals surface area contributed by atoms with Crippen LogP contribution in [0.1, 0.15) is 60.0 Å². The van der Waals surface area contributed by atoms with Crippen molar-refractivity contribution in [2.75, 3.05) is 0 Å². The van der Waals surface area contributed by atoms with Gasteiger partial charge in [-0.3, -0.25) is 14.6 Å². The van der Waals surface area contributed by atoms with E-state index in [-0.39, 0.29) is 17.2 Å². The van der Waals surface area contributed by atoms with Gasteiger partial charge in [-0.1, -0.05) is 18.2 Å². The number of nitrogens with one attached hydrogen (secondary N) is 2. The predicted molar refractivity (Wildman–Crippen MR) is 114 cm³/mol. The highest BCUT2D eigenvalue weighted by Crippen LogP contribution is 2.60. The molecule has 2 N–H and O–H groups in total. The lowest BCUT2D eigenvalue weighted by molar-refractivity contribution is -0.146. The van der Waals surface area contributed by atoms with E-state index in [0.717, 1.165) is 48.1 Å². The lowest BCUT2D eigenvalue weighted by atomic mass is 9.49. The highest BCUT2D eigenvalue weighted by molar-refractivity contribution is 5.94. The van der Waals surface area contributed by atoms with Gasteiger partial charge in [0, 0.05) is 36.5 Å². The van der Waals surface area contributed by atoms with Crippen LogP contribution in [0.5, 0.6) is 0 Å². The van der Waals surface area contributed by atoms with Gasteiger partial charge < -0.3 is 10.6 Å². The van der Waals surface area contributed by atoms with Crippen molar-refractivity contribution >= 4 is 11.8 Å². The number of nitrogens with zero attached hydrogens (tertiary/aromatic N) is 1. The molecule has 30 heavy (non-hydrogen) atoms. The first-order valence-corrected chi connectivity index (χ1v) is 11.1. The zero-order valence-electron chi connectivity index (χ0n) is 17.3. The Morgan fingerprint density at radius 3 is 2.10 bits per heavy atom. The molecular weight excluding hydrogens is 374 g/mol. The smallest absolute Gasteiger partial charge is 0.251 e. The van der Waals surface area contributed by atoms with Crippen LogP contribution in [-0.4, -0.2) is 16.8 Å². The van der Waals surface area contributed by atoms with E-state index in [1.54, 1.807) is 12.4 Å². The van der Waals surface area contributed by atoms with Crippen LogP contribution >= 0.6 is 0 Å². The highest BCUT2D eigenvalue weighted by atomic mass is 16.2. The Morgan fingerprint density at radius 2 is 1.50 bits per heavy atom. The zero-order chi connectivity index (χ0) is 20.6. The van der Waals surface area contributed by atoms with Crippen molar-refractivity contribution in [3.05, 3.63) is 65.5 Å². The van der Waals surface area contributed by atoms with E-state index in [1.807, 2.05) is 36.4 Å². The Bertz CT molecular complexity index is 888. The summed E-state index contributed by atoms with van der Waals surface area (Å²) >= 11 is 0. The third kappa shape index (κ3) is 3.85. The second-order valence-electron chi connectivity index (χ2n) is 9.62. The number of amides is 2. The minimum atomic E-state index is -0.110. The Labute approximate surface area is 177 Å². The van der Waals surface area contributed by atoms with Crippen molar-refractivity contribution in [1.29, 1.82) is 0 Å². The molecule has 4 saturated carbocycles. The largest absolute Gasteiger partial charge is 0.352 e. The lowest BCUT2D eigenvalue weighted by Crippen LogP contribution is -2.53. The highest BCUT2D eigenvalue weighted by Gasteiger charge is 2.54. The monoisotopic (exact) mass is 403 g/mol. The Balaban J connectivity index is 1.15. The van der Waals surface area contributed by atoms with Crippen LogP contribution in [0.25, 0.3) is 0 Å². The van der Waals surface area contributed by atoms with Crippen molar-refractivity contribution < 1.29 is 9.59 Å². The van der Waals surface area contributed by atoms with Crippen LogP contribution in [0.2, 0.25) is 0 Å². The Morgan fingerprint density at radius 1 is 0.867 bits per heavy atom. The predicted octanol–water partition coefficient (Wildman–Crippen LogP) is 3.84. The van der Waals surface area contributed by atoms with E-state index in [0.29, 0.717) is 18.7 Å². The summed E-state index contributed by atoms with van der Waals surface area (Å²) in [5, 5.41) is 6.12. The van der Waals surface area contributed by atoms with Crippen LogP contribution < -0.4 is 10.6 Å². The van der Waals surface area contributed by atoms with Gasteiger partial charge in [-0.05, 0) is 85.6 Å². The fraction of sp³-hybridized carbons (Fsp3) is 0.480. The summed E-state index contributed by atoms with van der Waals surface area (Å²) in [7, 11) is 0. The number of hydrogen-bond donors (Lipinski definition) is 2. The molecule has 5 heteroatoms. The number of aromatic nitrogens is 1. The molecule has 1 heterocycles. The second kappa shape index (κ2) is 7.86. The average molecular weight is 404 g/mol.